The van der Waals surface area contributed by atoms with Gasteiger partial charge >= 0.3 is 0 Å². The highest BCUT2D eigenvalue weighted by Gasteiger charge is 2.10. The van der Waals surface area contributed by atoms with E-state index in [0.717, 1.165) is 11.3 Å². The molecule has 1 heterocycles. The molecular weight excluding hydrogens is 447 g/mol. The number of carbonyl (C=O) groups excluding carboxylic acids is 1. The quantitative estimate of drug-likeness (QED) is 0.519. The molecule has 0 aliphatic heterocycles. The number of rotatable bonds is 5. The standard InChI is InChI=1S/C17H11BrCl2N2O2S/c18-13-7-12(20)5-6-15(13)24-8-16(23)22-17-21-14(9-25-17)10-1-3-11(19)4-2-10/h1-7,9H,8H2,(H,21,22,23). The van der Waals surface area contributed by atoms with Crippen LogP contribution in [-0.2, 0) is 4.79 Å². The SMILES string of the molecule is O=C(COc1ccc(Cl)cc1Br)Nc1nc(-c2ccc(Cl)cc2)cs1. The zero-order chi connectivity index (χ0) is 17.8. The van der Waals surface area contributed by atoms with Crippen LogP contribution >= 0.6 is 50.5 Å². The number of hydrogen-bond donors (Lipinski definition) is 1. The van der Waals surface area contributed by atoms with Crippen molar-refractivity contribution < 1.29 is 9.53 Å². The number of aromatic nitrogens is 1. The number of anilines is 1. The van der Waals surface area contributed by atoms with E-state index in [4.69, 9.17) is 27.9 Å². The molecule has 1 aromatic heterocycles. The summed E-state index contributed by atoms with van der Waals surface area (Å²) in [6.45, 7) is -0.129. The van der Waals surface area contributed by atoms with Crippen LogP contribution in [0.2, 0.25) is 10.0 Å². The molecule has 0 bridgehead atoms. The number of nitrogens with one attached hydrogen (secondary N) is 1. The molecule has 4 nitrogen and oxygen atoms in total. The Morgan fingerprint density at radius 1 is 1.16 bits per heavy atom. The summed E-state index contributed by atoms with van der Waals surface area (Å²) < 4.78 is 6.16. The second-order valence-electron chi connectivity index (χ2n) is 4.96. The zero-order valence-electron chi connectivity index (χ0n) is 12.6. The van der Waals surface area contributed by atoms with Gasteiger partial charge in [0, 0.05) is 21.0 Å². The number of carbonyl (C=O) groups is 1. The van der Waals surface area contributed by atoms with E-state index in [1.54, 1.807) is 30.3 Å². The third kappa shape index (κ3) is 4.95. The molecule has 0 fully saturated rings. The molecular formula is C17H11BrCl2N2O2S. The molecule has 0 radical (unpaired) electrons. The average Bonchev–Trinajstić information content (AvgIpc) is 3.03. The summed E-state index contributed by atoms with van der Waals surface area (Å²) >= 11 is 16.4. The van der Waals surface area contributed by atoms with Crippen LogP contribution in [0, 0.1) is 0 Å². The molecule has 0 saturated carbocycles. The van der Waals surface area contributed by atoms with Gasteiger partial charge in [-0.05, 0) is 46.3 Å². The lowest BCUT2D eigenvalue weighted by Gasteiger charge is -2.07. The van der Waals surface area contributed by atoms with E-state index >= 15 is 0 Å². The maximum Gasteiger partial charge on any atom is 0.264 e. The molecule has 25 heavy (non-hydrogen) atoms. The lowest BCUT2D eigenvalue weighted by atomic mass is 10.2. The van der Waals surface area contributed by atoms with Crippen molar-refractivity contribution in [3.05, 3.63) is 62.4 Å². The Morgan fingerprint density at radius 3 is 2.60 bits per heavy atom. The van der Waals surface area contributed by atoms with Gasteiger partial charge in [-0.3, -0.25) is 10.1 Å². The summed E-state index contributed by atoms with van der Waals surface area (Å²) in [5, 5.41) is 6.35. The van der Waals surface area contributed by atoms with E-state index in [1.165, 1.54) is 11.3 Å². The topological polar surface area (TPSA) is 51.2 Å². The van der Waals surface area contributed by atoms with Crippen molar-refractivity contribution in [3.63, 3.8) is 0 Å². The number of amides is 1. The summed E-state index contributed by atoms with van der Waals surface area (Å²) in [7, 11) is 0. The number of hydrogen-bond acceptors (Lipinski definition) is 4. The highest BCUT2D eigenvalue weighted by Crippen LogP contribution is 2.28. The zero-order valence-corrected chi connectivity index (χ0v) is 16.5. The third-order valence-corrected chi connectivity index (χ3v) is 5.01. The second-order valence-corrected chi connectivity index (χ2v) is 7.54. The second kappa shape index (κ2) is 8.19. The van der Waals surface area contributed by atoms with Gasteiger partial charge in [-0.15, -0.1) is 11.3 Å². The Kier molecular flexibility index (Phi) is 5.96. The largest absolute Gasteiger partial charge is 0.483 e. The lowest BCUT2D eigenvalue weighted by molar-refractivity contribution is -0.118. The van der Waals surface area contributed by atoms with E-state index in [-0.39, 0.29) is 12.5 Å². The summed E-state index contributed by atoms with van der Waals surface area (Å²) in [6, 6.07) is 12.4. The van der Waals surface area contributed by atoms with Crippen molar-refractivity contribution in [2.24, 2.45) is 0 Å². The van der Waals surface area contributed by atoms with Gasteiger partial charge in [0.25, 0.3) is 5.91 Å². The van der Waals surface area contributed by atoms with Gasteiger partial charge in [0.05, 0.1) is 10.2 Å². The van der Waals surface area contributed by atoms with Gasteiger partial charge in [-0.2, -0.15) is 0 Å². The highest BCUT2D eigenvalue weighted by atomic mass is 79.9. The fraction of sp³-hybridized carbons (Fsp3) is 0.0588. The maximum absolute atomic E-state index is 12.0. The summed E-state index contributed by atoms with van der Waals surface area (Å²) in [5.74, 6) is 0.249. The number of benzene rings is 2. The van der Waals surface area contributed by atoms with Crippen LogP contribution in [0.1, 0.15) is 0 Å². The number of nitrogens with zero attached hydrogens (tertiary/aromatic N) is 1. The molecule has 2 aromatic carbocycles. The van der Waals surface area contributed by atoms with Crippen LogP contribution in [0.4, 0.5) is 5.13 Å². The first-order chi connectivity index (χ1) is 12.0. The van der Waals surface area contributed by atoms with Gasteiger partial charge in [0.15, 0.2) is 11.7 Å². The Morgan fingerprint density at radius 2 is 1.88 bits per heavy atom. The average molecular weight is 458 g/mol. The van der Waals surface area contributed by atoms with Crippen LogP contribution in [0.3, 0.4) is 0 Å². The first-order valence-corrected chi connectivity index (χ1v) is 9.53. The first-order valence-electron chi connectivity index (χ1n) is 7.10. The van der Waals surface area contributed by atoms with Crippen molar-refractivity contribution in [2.75, 3.05) is 11.9 Å². The molecule has 0 spiro atoms. The van der Waals surface area contributed by atoms with Crippen molar-refractivity contribution in [1.29, 1.82) is 0 Å². The molecule has 0 aliphatic rings. The predicted octanol–water partition coefficient (Wildman–Crippen LogP) is 5.90. The van der Waals surface area contributed by atoms with Crippen LogP contribution < -0.4 is 10.1 Å². The first kappa shape index (κ1) is 18.2. The van der Waals surface area contributed by atoms with Crippen LogP contribution in [0.15, 0.2) is 52.3 Å². The fourth-order valence-corrected chi connectivity index (χ4v) is 3.63. The van der Waals surface area contributed by atoms with Gasteiger partial charge in [-0.1, -0.05) is 35.3 Å². The van der Waals surface area contributed by atoms with E-state index in [1.807, 2.05) is 17.5 Å². The van der Waals surface area contributed by atoms with Crippen molar-refractivity contribution >= 4 is 61.5 Å². The number of thiazole rings is 1. The van der Waals surface area contributed by atoms with Crippen molar-refractivity contribution in [1.82, 2.24) is 4.98 Å². The Bertz CT molecular complexity index is 900. The van der Waals surface area contributed by atoms with Crippen molar-refractivity contribution in [3.8, 4) is 17.0 Å². The van der Waals surface area contributed by atoms with Gasteiger partial charge in [0.1, 0.15) is 5.75 Å². The Balaban J connectivity index is 1.59. The molecule has 128 valence electrons. The highest BCUT2D eigenvalue weighted by molar-refractivity contribution is 9.10. The summed E-state index contributed by atoms with van der Waals surface area (Å²) in [6.07, 6.45) is 0. The molecule has 0 atom stereocenters. The van der Waals surface area contributed by atoms with E-state index in [0.29, 0.717) is 25.4 Å². The Labute approximate surface area is 166 Å². The molecule has 1 N–H and O–H groups in total. The van der Waals surface area contributed by atoms with Gasteiger partial charge in [0.2, 0.25) is 0 Å². The lowest BCUT2D eigenvalue weighted by Crippen LogP contribution is -2.20. The smallest absolute Gasteiger partial charge is 0.264 e. The molecule has 0 aliphatic carbocycles. The van der Waals surface area contributed by atoms with Gasteiger partial charge in [-0.25, -0.2) is 4.98 Å². The molecule has 1 amide bonds. The number of halogens is 3. The van der Waals surface area contributed by atoms with Gasteiger partial charge < -0.3 is 4.74 Å². The summed E-state index contributed by atoms with van der Waals surface area (Å²) in [4.78, 5) is 16.4. The molecule has 3 rings (SSSR count). The Hall–Kier alpha value is -1.60. The van der Waals surface area contributed by atoms with E-state index in [2.05, 4.69) is 26.2 Å². The molecule has 0 unspecified atom stereocenters. The van der Waals surface area contributed by atoms with Crippen LogP contribution in [0.5, 0.6) is 5.75 Å². The monoisotopic (exact) mass is 456 g/mol. The minimum absolute atomic E-state index is 0.129. The third-order valence-electron chi connectivity index (χ3n) is 3.14. The van der Waals surface area contributed by atoms with E-state index < -0.39 is 0 Å². The summed E-state index contributed by atoms with van der Waals surface area (Å²) in [5.41, 5.74) is 1.71. The van der Waals surface area contributed by atoms with E-state index in [9.17, 15) is 4.79 Å². The number of ether oxygens (including phenoxy) is 1. The normalized spacial score (nSPS) is 10.5. The molecule has 8 heteroatoms. The van der Waals surface area contributed by atoms with Crippen LogP contribution in [0.25, 0.3) is 11.3 Å². The molecule has 3 aromatic rings. The maximum atomic E-state index is 12.0. The molecule has 0 saturated heterocycles. The minimum atomic E-state index is -0.293. The fourth-order valence-electron chi connectivity index (χ4n) is 1.98. The minimum Gasteiger partial charge on any atom is -0.483 e. The van der Waals surface area contributed by atoms with Crippen LogP contribution in [-0.4, -0.2) is 17.5 Å². The van der Waals surface area contributed by atoms with Crippen molar-refractivity contribution in [2.45, 2.75) is 0 Å². The predicted molar refractivity (Wildman–Crippen MR) is 106 cm³/mol.